The monoisotopic (exact) mass is 322 g/mol. The molecule has 0 bridgehead atoms. The molecule has 2 aliphatic rings. The molecule has 3 rings (SSSR count). The highest BCUT2D eigenvalue weighted by atomic mass is 19.2. The number of benzene rings is 1. The minimum atomic E-state index is -1.36. The van der Waals surface area contributed by atoms with Gasteiger partial charge in [-0.3, -0.25) is 0 Å². The Morgan fingerprint density at radius 2 is 1.52 bits per heavy atom. The molecule has 4 unspecified atom stereocenters. The Balaban J connectivity index is 1.64. The van der Waals surface area contributed by atoms with Crippen LogP contribution in [0.15, 0.2) is 24.3 Å². The van der Waals surface area contributed by atoms with Crippen molar-refractivity contribution in [2.24, 2.45) is 11.8 Å². The number of hydrogen-bond acceptors (Lipinski definition) is 1. The zero-order valence-electron chi connectivity index (χ0n) is 14.2. The van der Waals surface area contributed by atoms with E-state index in [1.807, 2.05) is 31.2 Å². The highest BCUT2D eigenvalue weighted by Gasteiger charge is 2.44. The van der Waals surface area contributed by atoms with Crippen molar-refractivity contribution in [3.05, 3.63) is 35.4 Å². The summed E-state index contributed by atoms with van der Waals surface area (Å²) in [5.41, 5.74) is 2.11. The minimum absolute atomic E-state index is 0.107. The first kappa shape index (κ1) is 16.9. The molecule has 0 N–H and O–H groups in total. The average Bonchev–Trinajstić information content (AvgIpc) is 2.58. The van der Waals surface area contributed by atoms with Gasteiger partial charge < -0.3 is 4.74 Å². The van der Waals surface area contributed by atoms with Crippen LogP contribution in [0.5, 0.6) is 0 Å². The largest absolute Gasteiger partial charge is 0.381 e. The second kappa shape index (κ2) is 7.29. The van der Waals surface area contributed by atoms with Crippen molar-refractivity contribution in [3.8, 4) is 0 Å². The number of aryl methyl sites for hydroxylation is 1. The summed E-state index contributed by atoms with van der Waals surface area (Å²) in [6, 6.07) is 7.91. The summed E-state index contributed by atoms with van der Waals surface area (Å²) in [6.45, 7) is 2.02. The molecule has 0 aromatic heterocycles. The van der Waals surface area contributed by atoms with Crippen molar-refractivity contribution < 1.29 is 13.5 Å². The van der Waals surface area contributed by atoms with Gasteiger partial charge in [-0.2, -0.15) is 0 Å². The van der Waals surface area contributed by atoms with Gasteiger partial charge in [0, 0.05) is 13.0 Å². The maximum absolute atomic E-state index is 14.8. The van der Waals surface area contributed by atoms with Gasteiger partial charge in [0.1, 0.15) is 12.3 Å². The molecule has 1 aromatic rings. The molecule has 23 heavy (non-hydrogen) atoms. The molecule has 0 heterocycles. The lowest BCUT2D eigenvalue weighted by molar-refractivity contribution is -0.00936. The molecule has 0 radical (unpaired) electrons. The van der Waals surface area contributed by atoms with E-state index in [1.165, 1.54) is 0 Å². The van der Waals surface area contributed by atoms with Gasteiger partial charge in [-0.05, 0) is 62.8 Å². The molecular weight excluding hydrogens is 294 g/mol. The summed E-state index contributed by atoms with van der Waals surface area (Å²) in [5.74, 6) is -0.0599. The normalized spacial score (nSPS) is 38.4. The van der Waals surface area contributed by atoms with Crippen molar-refractivity contribution in [1.82, 2.24) is 0 Å². The zero-order chi connectivity index (χ0) is 16.4. The first-order chi connectivity index (χ1) is 11.1. The quantitative estimate of drug-likeness (QED) is 0.727. The van der Waals surface area contributed by atoms with Crippen molar-refractivity contribution in [2.75, 3.05) is 7.11 Å². The third-order valence-electron chi connectivity index (χ3n) is 6.07. The maximum Gasteiger partial charge on any atom is 0.138 e. The van der Waals surface area contributed by atoms with Gasteiger partial charge in [-0.1, -0.05) is 29.8 Å². The van der Waals surface area contributed by atoms with Gasteiger partial charge in [0.05, 0.1) is 6.10 Å². The van der Waals surface area contributed by atoms with Crippen LogP contribution in [0.25, 0.3) is 0 Å². The molecule has 1 aromatic carbocycles. The number of hydrogen-bond donors (Lipinski definition) is 0. The van der Waals surface area contributed by atoms with E-state index in [4.69, 9.17) is 4.74 Å². The molecule has 0 amide bonds. The first-order valence-corrected chi connectivity index (χ1v) is 8.97. The Labute approximate surface area is 138 Å². The summed E-state index contributed by atoms with van der Waals surface area (Å²) >= 11 is 0. The van der Waals surface area contributed by atoms with E-state index in [-0.39, 0.29) is 11.8 Å². The Bertz CT molecular complexity index is 493. The second-order valence-corrected chi connectivity index (χ2v) is 7.42. The van der Waals surface area contributed by atoms with Gasteiger partial charge >= 0.3 is 0 Å². The van der Waals surface area contributed by atoms with Crippen molar-refractivity contribution in [1.29, 1.82) is 0 Å². The van der Waals surface area contributed by atoms with Gasteiger partial charge in [-0.25, -0.2) is 8.78 Å². The predicted octanol–water partition coefficient (Wildman–Crippen LogP) is 5.37. The van der Waals surface area contributed by atoms with E-state index in [0.29, 0.717) is 12.0 Å². The van der Waals surface area contributed by atoms with E-state index in [1.54, 1.807) is 7.11 Å². The Hall–Kier alpha value is -0.960. The first-order valence-electron chi connectivity index (χ1n) is 8.97. The number of alkyl halides is 2. The van der Waals surface area contributed by atoms with E-state index in [2.05, 4.69) is 0 Å². The predicted molar refractivity (Wildman–Crippen MR) is 89.2 cm³/mol. The number of ether oxygens (including phenoxy) is 1. The fourth-order valence-corrected chi connectivity index (χ4v) is 4.56. The highest BCUT2D eigenvalue weighted by molar-refractivity contribution is 5.26. The van der Waals surface area contributed by atoms with Crippen molar-refractivity contribution in [3.63, 3.8) is 0 Å². The molecule has 128 valence electrons. The van der Waals surface area contributed by atoms with Gasteiger partial charge in [0.25, 0.3) is 0 Å². The molecule has 1 nitrogen and oxygen atoms in total. The topological polar surface area (TPSA) is 9.23 Å². The van der Waals surface area contributed by atoms with Crippen LogP contribution < -0.4 is 0 Å². The Kier molecular flexibility index (Phi) is 5.35. The fourth-order valence-electron chi connectivity index (χ4n) is 4.56. The van der Waals surface area contributed by atoms with Crippen LogP contribution in [0.4, 0.5) is 8.78 Å². The summed E-state index contributed by atoms with van der Waals surface area (Å²) in [4.78, 5) is 0. The smallest absolute Gasteiger partial charge is 0.138 e. The number of halogens is 2. The molecule has 0 spiro atoms. The standard InChI is InChI=1S/C20H28F2O/c1-13-3-5-14(6-4-13)17-11-12-18(20(22)19(17)21)15-7-9-16(23-2)10-8-15/h3-6,15-20H,7-12H2,1-2H3. The molecule has 2 fully saturated rings. The van der Waals surface area contributed by atoms with Crippen molar-refractivity contribution in [2.45, 2.75) is 69.8 Å². The highest BCUT2D eigenvalue weighted by Crippen LogP contribution is 2.46. The van der Waals surface area contributed by atoms with Crippen LogP contribution in [-0.2, 0) is 4.74 Å². The molecule has 3 heteroatoms. The molecule has 2 aliphatic carbocycles. The van der Waals surface area contributed by atoms with Crippen LogP contribution in [0, 0.1) is 18.8 Å². The number of rotatable bonds is 3. The lowest BCUT2D eigenvalue weighted by Crippen LogP contribution is -2.41. The van der Waals surface area contributed by atoms with Crippen LogP contribution in [0.2, 0.25) is 0 Å². The van der Waals surface area contributed by atoms with E-state index in [0.717, 1.165) is 49.7 Å². The maximum atomic E-state index is 14.8. The molecule has 0 saturated heterocycles. The average molecular weight is 322 g/mol. The lowest BCUT2D eigenvalue weighted by atomic mass is 9.68. The summed E-state index contributed by atoms with van der Waals surface area (Å²) in [5, 5.41) is 0. The van der Waals surface area contributed by atoms with Crippen LogP contribution in [-0.4, -0.2) is 25.6 Å². The number of methoxy groups -OCH3 is 1. The van der Waals surface area contributed by atoms with E-state index in [9.17, 15) is 8.78 Å². The SMILES string of the molecule is COC1CCC(C2CCC(c3ccc(C)cc3)C(F)C2F)CC1. The lowest BCUT2D eigenvalue weighted by Gasteiger charge is -2.41. The van der Waals surface area contributed by atoms with Crippen LogP contribution in [0.3, 0.4) is 0 Å². The molecular formula is C20H28F2O. The minimum Gasteiger partial charge on any atom is -0.381 e. The Morgan fingerprint density at radius 3 is 2.13 bits per heavy atom. The summed E-state index contributed by atoms with van der Waals surface area (Å²) in [6.07, 6.45) is 3.13. The third kappa shape index (κ3) is 3.60. The van der Waals surface area contributed by atoms with Gasteiger partial charge in [0.2, 0.25) is 0 Å². The summed E-state index contributed by atoms with van der Waals surface area (Å²) < 4.78 is 35.0. The summed E-state index contributed by atoms with van der Waals surface area (Å²) in [7, 11) is 1.74. The molecule has 2 saturated carbocycles. The molecule has 0 aliphatic heterocycles. The van der Waals surface area contributed by atoms with Crippen LogP contribution in [0.1, 0.15) is 55.6 Å². The van der Waals surface area contributed by atoms with Gasteiger partial charge in [-0.15, -0.1) is 0 Å². The van der Waals surface area contributed by atoms with Gasteiger partial charge in [0.15, 0.2) is 0 Å². The zero-order valence-corrected chi connectivity index (χ0v) is 14.2. The van der Waals surface area contributed by atoms with Crippen LogP contribution >= 0.6 is 0 Å². The van der Waals surface area contributed by atoms with Crippen molar-refractivity contribution >= 4 is 0 Å². The third-order valence-corrected chi connectivity index (χ3v) is 6.07. The second-order valence-electron chi connectivity index (χ2n) is 7.42. The van der Waals surface area contributed by atoms with E-state index >= 15 is 0 Å². The fraction of sp³-hybridized carbons (Fsp3) is 0.700. The molecule has 4 atom stereocenters. The Morgan fingerprint density at radius 1 is 0.870 bits per heavy atom. The van der Waals surface area contributed by atoms with E-state index < -0.39 is 12.3 Å².